The molecule has 1 heterocycles. The van der Waals surface area contributed by atoms with Gasteiger partial charge in [0.15, 0.2) is 0 Å². The topological polar surface area (TPSA) is 54.5 Å². The molecule has 0 saturated carbocycles. The zero-order valence-corrected chi connectivity index (χ0v) is 12.1. The Kier molecular flexibility index (Phi) is 5.95. The molecule has 1 aromatic heterocycles. The minimum atomic E-state index is -4.37. The minimum absolute atomic E-state index is 0.219. The number of pyridine rings is 1. The smallest absolute Gasteiger partial charge is 0.370 e. The summed E-state index contributed by atoms with van der Waals surface area (Å²) in [6, 6.07) is 2.67. The van der Waals surface area contributed by atoms with Crippen molar-refractivity contribution in [2.75, 3.05) is 32.2 Å². The Balaban J connectivity index is 2.57. The van der Waals surface area contributed by atoms with Gasteiger partial charge in [-0.2, -0.15) is 13.2 Å². The number of alkyl halides is 3. The van der Waals surface area contributed by atoms with Gasteiger partial charge >= 0.3 is 6.18 Å². The van der Waals surface area contributed by atoms with Crippen molar-refractivity contribution in [3.05, 3.63) is 23.9 Å². The van der Waals surface area contributed by atoms with Crippen molar-refractivity contribution in [3.8, 4) is 0 Å². The summed E-state index contributed by atoms with van der Waals surface area (Å²) in [5.74, 6) is 0.0771. The molecule has 8 heteroatoms. The Morgan fingerprint density at radius 1 is 1.48 bits per heavy atom. The van der Waals surface area contributed by atoms with Crippen molar-refractivity contribution in [2.24, 2.45) is 0 Å². The number of hydrogen-bond donors (Lipinski definition) is 1. The maximum absolute atomic E-state index is 12.1. The van der Waals surface area contributed by atoms with Crippen LogP contribution in [-0.2, 0) is 4.74 Å². The minimum Gasteiger partial charge on any atom is -0.370 e. The summed E-state index contributed by atoms with van der Waals surface area (Å²) >= 11 is 0. The van der Waals surface area contributed by atoms with Gasteiger partial charge in [0.1, 0.15) is 12.4 Å². The second-order valence-electron chi connectivity index (χ2n) is 4.77. The van der Waals surface area contributed by atoms with Crippen molar-refractivity contribution < 1.29 is 22.7 Å². The summed E-state index contributed by atoms with van der Waals surface area (Å²) < 4.78 is 40.4. The standard InChI is InChI=1S/C13H18F3N3O2/c1-9(7-21-8-13(14,15)16)18-12(20)10-5-4-6-17-11(10)19(2)3/h4-6,9H,7-8H2,1-3H3,(H,18,20)/t9-/m0/s1. The first kappa shape index (κ1) is 17.2. The molecule has 0 saturated heterocycles. The number of hydrogen-bond acceptors (Lipinski definition) is 4. The molecule has 118 valence electrons. The molecule has 0 spiro atoms. The molecule has 1 aromatic rings. The number of amides is 1. The van der Waals surface area contributed by atoms with E-state index in [1.54, 1.807) is 44.2 Å². The van der Waals surface area contributed by atoms with Gasteiger partial charge in [-0.1, -0.05) is 0 Å². The Labute approximate surface area is 121 Å². The predicted molar refractivity (Wildman–Crippen MR) is 72.4 cm³/mol. The number of nitrogens with zero attached hydrogens (tertiary/aromatic N) is 2. The van der Waals surface area contributed by atoms with Crippen LogP contribution in [0.2, 0.25) is 0 Å². The maximum atomic E-state index is 12.1. The number of carbonyl (C=O) groups is 1. The molecule has 1 rings (SSSR count). The Morgan fingerprint density at radius 2 is 2.14 bits per heavy atom. The number of halogens is 3. The number of anilines is 1. The van der Waals surface area contributed by atoms with Crippen molar-refractivity contribution in [3.63, 3.8) is 0 Å². The van der Waals surface area contributed by atoms with Crippen LogP contribution in [0.5, 0.6) is 0 Å². The van der Waals surface area contributed by atoms with E-state index in [1.807, 2.05) is 0 Å². The second-order valence-corrected chi connectivity index (χ2v) is 4.77. The van der Waals surface area contributed by atoms with Crippen LogP contribution in [0.15, 0.2) is 18.3 Å². The summed E-state index contributed by atoms with van der Waals surface area (Å²) in [6.07, 6.45) is -2.81. The largest absolute Gasteiger partial charge is 0.411 e. The molecule has 5 nitrogen and oxygen atoms in total. The van der Waals surface area contributed by atoms with Gasteiger partial charge in [0, 0.05) is 26.3 Å². The second kappa shape index (κ2) is 7.26. The molecule has 0 aromatic carbocycles. The van der Waals surface area contributed by atoms with E-state index in [2.05, 4.69) is 15.0 Å². The normalized spacial score (nSPS) is 12.9. The monoisotopic (exact) mass is 305 g/mol. The highest BCUT2D eigenvalue weighted by Crippen LogP contribution is 2.15. The number of nitrogens with one attached hydrogen (secondary N) is 1. The number of aromatic nitrogens is 1. The zero-order valence-electron chi connectivity index (χ0n) is 12.1. The Morgan fingerprint density at radius 3 is 2.71 bits per heavy atom. The summed E-state index contributed by atoms with van der Waals surface area (Å²) in [7, 11) is 3.49. The van der Waals surface area contributed by atoms with Crippen molar-refractivity contribution in [1.82, 2.24) is 10.3 Å². The molecule has 0 fully saturated rings. The van der Waals surface area contributed by atoms with Gasteiger partial charge in [-0.05, 0) is 19.1 Å². The van der Waals surface area contributed by atoms with Crippen LogP contribution in [0.1, 0.15) is 17.3 Å². The fourth-order valence-electron chi connectivity index (χ4n) is 1.63. The van der Waals surface area contributed by atoms with Crippen LogP contribution in [0.3, 0.4) is 0 Å². The third kappa shape index (κ3) is 5.99. The van der Waals surface area contributed by atoms with Crippen LogP contribution in [0, 0.1) is 0 Å². The number of ether oxygens (including phenoxy) is 1. The van der Waals surface area contributed by atoms with Crippen LogP contribution in [-0.4, -0.2) is 50.4 Å². The van der Waals surface area contributed by atoms with Crippen molar-refractivity contribution >= 4 is 11.7 Å². The SMILES string of the molecule is C[C@@H](COCC(F)(F)F)NC(=O)c1cccnc1N(C)C. The van der Waals surface area contributed by atoms with E-state index in [-0.39, 0.29) is 6.61 Å². The van der Waals surface area contributed by atoms with E-state index in [1.165, 1.54) is 0 Å². The van der Waals surface area contributed by atoms with Gasteiger partial charge in [0.25, 0.3) is 5.91 Å². The number of rotatable bonds is 6. The van der Waals surface area contributed by atoms with E-state index < -0.39 is 24.7 Å². The fourth-order valence-corrected chi connectivity index (χ4v) is 1.63. The van der Waals surface area contributed by atoms with Gasteiger partial charge in [-0.3, -0.25) is 4.79 Å². The summed E-state index contributed by atoms with van der Waals surface area (Å²) in [4.78, 5) is 17.9. The van der Waals surface area contributed by atoms with Gasteiger partial charge in [0.05, 0.1) is 12.2 Å². The lowest BCUT2D eigenvalue weighted by molar-refractivity contribution is -0.174. The predicted octanol–water partition coefficient (Wildman–Crippen LogP) is 1.84. The molecule has 0 unspecified atom stereocenters. The van der Waals surface area contributed by atoms with Crippen molar-refractivity contribution in [2.45, 2.75) is 19.1 Å². The Hall–Kier alpha value is -1.83. The van der Waals surface area contributed by atoms with E-state index in [9.17, 15) is 18.0 Å². The highest BCUT2D eigenvalue weighted by Gasteiger charge is 2.27. The zero-order chi connectivity index (χ0) is 16.0. The summed E-state index contributed by atoms with van der Waals surface area (Å²) in [5, 5.41) is 2.58. The summed E-state index contributed by atoms with van der Waals surface area (Å²) in [6.45, 7) is 0.0197. The van der Waals surface area contributed by atoms with Gasteiger partial charge in [-0.15, -0.1) is 0 Å². The molecule has 1 atom stereocenters. The third-order valence-electron chi connectivity index (χ3n) is 2.47. The highest BCUT2D eigenvalue weighted by molar-refractivity contribution is 5.98. The van der Waals surface area contributed by atoms with Crippen LogP contribution < -0.4 is 10.2 Å². The molecule has 0 aliphatic carbocycles. The van der Waals surface area contributed by atoms with E-state index in [0.717, 1.165) is 0 Å². The third-order valence-corrected chi connectivity index (χ3v) is 2.47. The van der Waals surface area contributed by atoms with Gasteiger partial charge < -0.3 is 15.0 Å². The van der Waals surface area contributed by atoms with Crippen molar-refractivity contribution in [1.29, 1.82) is 0 Å². The Bertz CT molecular complexity index is 478. The molecular formula is C13H18F3N3O2. The molecule has 0 radical (unpaired) electrons. The first-order valence-corrected chi connectivity index (χ1v) is 6.28. The summed E-state index contributed by atoms with van der Waals surface area (Å²) in [5.41, 5.74) is 0.352. The average molecular weight is 305 g/mol. The molecule has 1 amide bonds. The van der Waals surface area contributed by atoms with Crippen LogP contribution >= 0.6 is 0 Å². The maximum Gasteiger partial charge on any atom is 0.411 e. The lowest BCUT2D eigenvalue weighted by atomic mass is 10.2. The first-order valence-electron chi connectivity index (χ1n) is 6.28. The molecule has 0 aliphatic heterocycles. The fraction of sp³-hybridized carbons (Fsp3) is 0.538. The van der Waals surface area contributed by atoms with Crippen LogP contribution in [0.25, 0.3) is 0 Å². The van der Waals surface area contributed by atoms with Crippen LogP contribution in [0.4, 0.5) is 19.0 Å². The highest BCUT2D eigenvalue weighted by atomic mass is 19.4. The quantitative estimate of drug-likeness (QED) is 0.871. The molecule has 21 heavy (non-hydrogen) atoms. The van der Waals surface area contributed by atoms with Gasteiger partial charge in [0.2, 0.25) is 0 Å². The lowest BCUT2D eigenvalue weighted by Crippen LogP contribution is -2.37. The number of carbonyl (C=O) groups excluding carboxylic acids is 1. The molecule has 0 bridgehead atoms. The first-order chi connectivity index (χ1) is 9.70. The average Bonchev–Trinajstić information content (AvgIpc) is 2.37. The lowest BCUT2D eigenvalue weighted by Gasteiger charge is -2.18. The molecule has 0 aliphatic rings. The van der Waals surface area contributed by atoms with E-state index >= 15 is 0 Å². The molecule has 1 N–H and O–H groups in total. The van der Waals surface area contributed by atoms with E-state index in [4.69, 9.17) is 0 Å². The van der Waals surface area contributed by atoms with Gasteiger partial charge in [-0.25, -0.2) is 4.98 Å². The molecular weight excluding hydrogens is 287 g/mol. The van der Waals surface area contributed by atoms with E-state index in [0.29, 0.717) is 11.4 Å².